The number of rotatable bonds is 5. The first-order valence-corrected chi connectivity index (χ1v) is 6.73. The summed E-state index contributed by atoms with van der Waals surface area (Å²) in [7, 11) is 2.20. The molecule has 1 aliphatic heterocycles. The molecule has 1 aliphatic rings. The number of furan rings is 1. The van der Waals surface area contributed by atoms with Gasteiger partial charge in [-0.1, -0.05) is 0 Å². The maximum absolute atomic E-state index is 5.07. The van der Waals surface area contributed by atoms with Gasteiger partial charge < -0.3 is 14.6 Å². The molecule has 2 heterocycles. The SMILES string of the molecule is CN1CCN(C(C)(C)CNCc2ccoc2)CC1. The molecule has 0 atom stereocenters. The van der Waals surface area contributed by atoms with Crippen molar-refractivity contribution in [1.82, 2.24) is 15.1 Å². The van der Waals surface area contributed by atoms with E-state index in [-0.39, 0.29) is 5.54 Å². The Morgan fingerprint density at radius 1 is 1.28 bits per heavy atom. The second-order valence-electron chi connectivity index (χ2n) is 5.84. The third-order valence-electron chi connectivity index (χ3n) is 3.83. The Morgan fingerprint density at radius 2 is 2.00 bits per heavy atom. The zero-order valence-corrected chi connectivity index (χ0v) is 11.8. The predicted octanol–water partition coefficient (Wildman–Crippen LogP) is 1.40. The molecule has 1 saturated heterocycles. The van der Waals surface area contributed by atoms with Crippen LogP contribution in [0.1, 0.15) is 19.4 Å². The molecule has 1 N–H and O–H groups in total. The summed E-state index contributed by atoms with van der Waals surface area (Å²) >= 11 is 0. The van der Waals surface area contributed by atoms with Crippen LogP contribution in [0, 0.1) is 0 Å². The zero-order valence-electron chi connectivity index (χ0n) is 11.8. The number of nitrogens with zero attached hydrogens (tertiary/aromatic N) is 2. The fourth-order valence-electron chi connectivity index (χ4n) is 2.43. The first-order chi connectivity index (χ1) is 8.58. The minimum atomic E-state index is 0.213. The second kappa shape index (κ2) is 5.87. The molecule has 0 radical (unpaired) electrons. The van der Waals surface area contributed by atoms with Crippen LogP contribution in [0.5, 0.6) is 0 Å². The molecule has 18 heavy (non-hydrogen) atoms. The smallest absolute Gasteiger partial charge is 0.0947 e. The van der Waals surface area contributed by atoms with Gasteiger partial charge in [0, 0.05) is 50.4 Å². The van der Waals surface area contributed by atoms with Gasteiger partial charge in [0.2, 0.25) is 0 Å². The largest absolute Gasteiger partial charge is 0.472 e. The van der Waals surface area contributed by atoms with Crippen molar-refractivity contribution in [1.29, 1.82) is 0 Å². The lowest BCUT2D eigenvalue weighted by Crippen LogP contribution is -2.57. The van der Waals surface area contributed by atoms with Crippen molar-refractivity contribution in [3.05, 3.63) is 24.2 Å². The topological polar surface area (TPSA) is 31.6 Å². The summed E-state index contributed by atoms with van der Waals surface area (Å²) in [5.41, 5.74) is 1.43. The summed E-state index contributed by atoms with van der Waals surface area (Å²) in [5, 5.41) is 3.52. The average Bonchev–Trinajstić information content (AvgIpc) is 2.82. The maximum atomic E-state index is 5.07. The highest BCUT2D eigenvalue weighted by atomic mass is 16.3. The molecule has 4 nitrogen and oxygen atoms in total. The third kappa shape index (κ3) is 3.57. The Balaban J connectivity index is 1.76. The molecule has 1 fully saturated rings. The fraction of sp³-hybridized carbons (Fsp3) is 0.714. The number of hydrogen-bond donors (Lipinski definition) is 1. The molecular formula is C14H25N3O. The first kappa shape index (κ1) is 13.6. The van der Waals surface area contributed by atoms with Crippen molar-refractivity contribution in [3.8, 4) is 0 Å². The van der Waals surface area contributed by atoms with Crippen molar-refractivity contribution >= 4 is 0 Å². The second-order valence-corrected chi connectivity index (χ2v) is 5.84. The monoisotopic (exact) mass is 251 g/mol. The summed E-state index contributed by atoms with van der Waals surface area (Å²) in [6.07, 6.45) is 3.53. The van der Waals surface area contributed by atoms with Crippen molar-refractivity contribution in [3.63, 3.8) is 0 Å². The van der Waals surface area contributed by atoms with Crippen LogP contribution in [0.3, 0.4) is 0 Å². The highest BCUT2D eigenvalue weighted by Gasteiger charge is 2.28. The van der Waals surface area contributed by atoms with E-state index in [9.17, 15) is 0 Å². The van der Waals surface area contributed by atoms with Gasteiger partial charge >= 0.3 is 0 Å². The minimum absolute atomic E-state index is 0.213. The molecule has 0 spiro atoms. The minimum Gasteiger partial charge on any atom is -0.472 e. The van der Waals surface area contributed by atoms with Gasteiger partial charge in [0.05, 0.1) is 12.5 Å². The summed E-state index contributed by atoms with van der Waals surface area (Å²) < 4.78 is 5.07. The molecule has 0 saturated carbocycles. The van der Waals surface area contributed by atoms with Crippen LogP contribution in [0.4, 0.5) is 0 Å². The Kier molecular flexibility index (Phi) is 4.43. The van der Waals surface area contributed by atoms with Crippen LogP contribution >= 0.6 is 0 Å². The maximum Gasteiger partial charge on any atom is 0.0947 e. The Bertz CT molecular complexity index is 340. The lowest BCUT2D eigenvalue weighted by Gasteiger charge is -2.43. The molecule has 4 heteroatoms. The Morgan fingerprint density at radius 3 is 2.61 bits per heavy atom. The van der Waals surface area contributed by atoms with Crippen molar-refractivity contribution in [2.45, 2.75) is 25.9 Å². The van der Waals surface area contributed by atoms with Gasteiger partial charge in [0.25, 0.3) is 0 Å². The molecule has 1 aromatic heterocycles. The molecule has 0 unspecified atom stereocenters. The van der Waals surface area contributed by atoms with Crippen LogP contribution in [0.25, 0.3) is 0 Å². The molecule has 102 valence electrons. The quantitative estimate of drug-likeness (QED) is 0.857. The molecule has 1 aromatic rings. The summed E-state index contributed by atoms with van der Waals surface area (Å²) in [4.78, 5) is 4.97. The van der Waals surface area contributed by atoms with E-state index in [1.54, 1.807) is 12.5 Å². The normalized spacial score (nSPS) is 19.3. The van der Waals surface area contributed by atoms with E-state index in [4.69, 9.17) is 4.42 Å². The van der Waals surface area contributed by atoms with Gasteiger partial charge in [-0.2, -0.15) is 0 Å². The summed E-state index contributed by atoms with van der Waals surface area (Å²) in [6, 6.07) is 2.01. The van der Waals surface area contributed by atoms with Gasteiger partial charge in [-0.15, -0.1) is 0 Å². The van der Waals surface area contributed by atoms with E-state index < -0.39 is 0 Å². The van der Waals surface area contributed by atoms with Gasteiger partial charge in [-0.05, 0) is 27.0 Å². The van der Waals surface area contributed by atoms with E-state index in [1.807, 2.05) is 6.07 Å². The zero-order chi connectivity index (χ0) is 13.0. The Hall–Kier alpha value is -0.840. The van der Waals surface area contributed by atoms with Crippen molar-refractivity contribution in [2.24, 2.45) is 0 Å². The lowest BCUT2D eigenvalue weighted by molar-refractivity contribution is 0.0618. The van der Waals surface area contributed by atoms with Crippen LogP contribution in [-0.2, 0) is 6.54 Å². The van der Waals surface area contributed by atoms with Gasteiger partial charge in [-0.3, -0.25) is 4.90 Å². The van der Waals surface area contributed by atoms with Gasteiger partial charge in [0.1, 0.15) is 0 Å². The number of piperazine rings is 1. The number of nitrogens with one attached hydrogen (secondary N) is 1. The summed E-state index contributed by atoms with van der Waals surface area (Å²) in [5.74, 6) is 0. The standard InChI is InChI=1S/C14H25N3O/c1-14(2,17-7-5-16(3)6-8-17)12-15-10-13-4-9-18-11-13/h4,9,11,15H,5-8,10,12H2,1-3H3. The Labute approximate surface area is 110 Å². The van der Waals surface area contributed by atoms with Crippen LogP contribution < -0.4 is 5.32 Å². The van der Waals surface area contributed by atoms with E-state index in [2.05, 4.69) is 36.0 Å². The highest BCUT2D eigenvalue weighted by Crippen LogP contribution is 2.15. The van der Waals surface area contributed by atoms with E-state index in [1.165, 1.54) is 18.7 Å². The van der Waals surface area contributed by atoms with Crippen LogP contribution in [0.15, 0.2) is 23.0 Å². The highest BCUT2D eigenvalue weighted by molar-refractivity contribution is 5.04. The molecule has 2 rings (SSSR count). The van der Waals surface area contributed by atoms with Crippen LogP contribution in [-0.4, -0.2) is 55.1 Å². The molecule has 0 aromatic carbocycles. The van der Waals surface area contributed by atoms with Crippen LogP contribution in [0.2, 0.25) is 0 Å². The van der Waals surface area contributed by atoms with Gasteiger partial charge in [0.15, 0.2) is 0 Å². The van der Waals surface area contributed by atoms with E-state index >= 15 is 0 Å². The van der Waals surface area contributed by atoms with E-state index in [0.717, 1.165) is 26.2 Å². The average molecular weight is 251 g/mol. The van der Waals surface area contributed by atoms with Crippen molar-refractivity contribution < 1.29 is 4.42 Å². The molecule has 0 aliphatic carbocycles. The van der Waals surface area contributed by atoms with Gasteiger partial charge in [-0.25, -0.2) is 0 Å². The third-order valence-corrected chi connectivity index (χ3v) is 3.83. The van der Waals surface area contributed by atoms with Crippen molar-refractivity contribution in [2.75, 3.05) is 39.8 Å². The molecular weight excluding hydrogens is 226 g/mol. The fourth-order valence-corrected chi connectivity index (χ4v) is 2.43. The first-order valence-electron chi connectivity index (χ1n) is 6.73. The molecule has 0 bridgehead atoms. The molecule has 0 amide bonds. The number of hydrogen-bond acceptors (Lipinski definition) is 4. The summed E-state index contributed by atoms with van der Waals surface area (Å²) in [6.45, 7) is 11.2. The number of likely N-dealkylation sites (N-methyl/N-ethyl adjacent to an activating group) is 1. The van der Waals surface area contributed by atoms with E-state index in [0.29, 0.717) is 0 Å². The lowest BCUT2D eigenvalue weighted by atomic mass is 10.0. The predicted molar refractivity (Wildman–Crippen MR) is 73.6 cm³/mol.